The van der Waals surface area contributed by atoms with Crippen molar-refractivity contribution in [2.24, 2.45) is 5.92 Å². The number of aliphatic hydroxyl groups is 1. The molecule has 21 heavy (non-hydrogen) atoms. The lowest BCUT2D eigenvalue weighted by Gasteiger charge is -2.47. The third-order valence-corrected chi connectivity index (χ3v) is 4.50. The van der Waals surface area contributed by atoms with Gasteiger partial charge in [0, 0.05) is 6.04 Å². The molecular weight excluding hydrogens is 304 g/mol. The summed E-state index contributed by atoms with van der Waals surface area (Å²) < 4.78 is 36.7. The molecule has 0 aromatic rings. The number of carbonyl (C=O) groups excluding carboxylic acids is 2. The quantitative estimate of drug-likeness (QED) is 0.449. The normalized spacial score (nSPS) is 28.6. The number of β-lactam (4-membered cyclic amide) rings is 1. The standard InChI is InChI=1S/C11H18N2O7S/c1-5(14)8-9(13(10(8)15)21(17,18)19)6(2)20-11(16)12-7-3-4-7/h5-9,14H,3-4H2,1-2H3,(H,12,16)(H,17,18,19)/t5-,6+,8-,9-/m1/s1. The van der Waals surface area contributed by atoms with E-state index in [-0.39, 0.29) is 10.3 Å². The van der Waals surface area contributed by atoms with Gasteiger partial charge in [-0.1, -0.05) is 0 Å². The molecule has 4 atom stereocenters. The van der Waals surface area contributed by atoms with Gasteiger partial charge in [0.2, 0.25) is 5.91 Å². The number of carbonyl (C=O) groups is 2. The highest BCUT2D eigenvalue weighted by Crippen LogP contribution is 2.35. The van der Waals surface area contributed by atoms with Crippen molar-refractivity contribution in [3.63, 3.8) is 0 Å². The van der Waals surface area contributed by atoms with Crippen LogP contribution in [0.15, 0.2) is 0 Å². The Morgan fingerprint density at radius 3 is 2.43 bits per heavy atom. The first-order chi connectivity index (χ1) is 9.62. The van der Waals surface area contributed by atoms with Gasteiger partial charge in [0.25, 0.3) is 0 Å². The number of hydrogen-bond donors (Lipinski definition) is 3. The molecule has 3 N–H and O–H groups in total. The molecule has 9 nitrogen and oxygen atoms in total. The predicted octanol–water partition coefficient (Wildman–Crippen LogP) is -0.726. The van der Waals surface area contributed by atoms with E-state index in [4.69, 9.17) is 9.29 Å². The van der Waals surface area contributed by atoms with E-state index in [1.165, 1.54) is 13.8 Å². The average molecular weight is 322 g/mol. The van der Waals surface area contributed by atoms with Gasteiger partial charge >= 0.3 is 16.4 Å². The van der Waals surface area contributed by atoms with Crippen molar-refractivity contribution in [2.45, 2.75) is 51.0 Å². The molecule has 120 valence electrons. The second-order valence-corrected chi connectivity index (χ2v) is 6.69. The van der Waals surface area contributed by atoms with Crippen LogP contribution in [0.25, 0.3) is 0 Å². The Morgan fingerprint density at radius 2 is 2.00 bits per heavy atom. The summed E-state index contributed by atoms with van der Waals surface area (Å²) in [6.07, 6.45) is -1.12. The molecule has 2 amide bonds. The third kappa shape index (κ3) is 3.27. The summed E-state index contributed by atoms with van der Waals surface area (Å²) in [4.78, 5) is 23.3. The molecule has 0 bridgehead atoms. The lowest BCUT2D eigenvalue weighted by molar-refractivity contribution is -0.160. The first-order valence-electron chi connectivity index (χ1n) is 6.59. The lowest BCUT2D eigenvalue weighted by Crippen LogP contribution is -2.69. The molecule has 2 fully saturated rings. The SMILES string of the molecule is C[C@H](OC(=O)NC1CC1)[C@@H]1[C@@H]([C@@H](C)O)C(=O)N1S(=O)(=O)O. The summed E-state index contributed by atoms with van der Waals surface area (Å²) in [6, 6.07) is -1.06. The Labute approximate surface area is 122 Å². The Hall–Kier alpha value is -1.39. The fourth-order valence-corrected chi connectivity index (χ4v) is 3.37. The molecule has 1 saturated carbocycles. The first kappa shape index (κ1) is 16.0. The molecule has 1 aliphatic carbocycles. The third-order valence-electron chi connectivity index (χ3n) is 3.58. The Kier molecular flexibility index (Phi) is 4.13. The van der Waals surface area contributed by atoms with Crippen LogP contribution in [0, 0.1) is 5.92 Å². The topological polar surface area (TPSA) is 133 Å². The van der Waals surface area contributed by atoms with E-state index in [0.717, 1.165) is 12.8 Å². The van der Waals surface area contributed by atoms with Gasteiger partial charge in [-0.05, 0) is 26.7 Å². The van der Waals surface area contributed by atoms with Crippen LogP contribution in [0.3, 0.4) is 0 Å². The van der Waals surface area contributed by atoms with Gasteiger partial charge in [-0.15, -0.1) is 0 Å². The smallest absolute Gasteiger partial charge is 0.407 e. The minimum atomic E-state index is -4.76. The maximum atomic E-state index is 11.7. The average Bonchev–Trinajstić information content (AvgIpc) is 3.05. The summed E-state index contributed by atoms with van der Waals surface area (Å²) in [5.74, 6) is -1.97. The maximum Gasteiger partial charge on any atom is 0.407 e. The van der Waals surface area contributed by atoms with Gasteiger partial charge in [0.15, 0.2) is 0 Å². The van der Waals surface area contributed by atoms with Crippen molar-refractivity contribution < 1.29 is 32.4 Å². The highest BCUT2D eigenvalue weighted by molar-refractivity contribution is 7.84. The number of nitrogens with one attached hydrogen (secondary N) is 1. The number of rotatable bonds is 5. The molecule has 10 heteroatoms. The van der Waals surface area contributed by atoms with E-state index in [0.29, 0.717) is 0 Å². The maximum absolute atomic E-state index is 11.7. The van der Waals surface area contributed by atoms with Gasteiger partial charge in [-0.2, -0.15) is 8.42 Å². The number of hydrogen-bond acceptors (Lipinski definition) is 6. The molecule has 0 aromatic heterocycles. The van der Waals surface area contributed by atoms with E-state index in [1.807, 2.05) is 0 Å². The van der Waals surface area contributed by atoms with Gasteiger partial charge in [0.05, 0.1) is 12.0 Å². The van der Waals surface area contributed by atoms with E-state index in [2.05, 4.69) is 5.32 Å². The van der Waals surface area contributed by atoms with Crippen molar-refractivity contribution in [3.8, 4) is 0 Å². The van der Waals surface area contributed by atoms with E-state index in [1.54, 1.807) is 0 Å². The van der Waals surface area contributed by atoms with Crippen LogP contribution in [0.4, 0.5) is 4.79 Å². The summed E-state index contributed by atoms with van der Waals surface area (Å²) in [6.45, 7) is 2.73. The number of amides is 2. The molecule has 0 unspecified atom stereocenters. The van der Waals surface area contributed by atoms with Gasteiger partial charge in [-0.25, -0.2) is 9.10 Å². The lowest BCUT2D eigenvalue weighted by atomic mass is 9.83. The van der Waals surface area contributed by atoms with Crippen LogP contribution < -0.4 is 5.32 Å². The molecule has 2 rings (SSSR count). The van der Waals surface area contributed by atoms with Crippen molar-refractivity contribution in [1.82, 2.24) is 9.62 Å². The number of nitrogens with zero attached hydrogens (tertiary/aromatic N) is 1. The first-order valence-corrected chi connectivity index (χ1v) is 7.98. The van der Waals surface area contributed by atoms with Crippen molar-refractivity contribution in [2.75, 3.05) is 0 Å². The summed E-state index contributed by atoms with van der Waals surface area (Å²) in [5, 5.41) is 12.1. The minimum absolute atomic E-state index is 0.0676. The summed E-state index contributed by atoms with van der Waals surface area (Å²) in [5.41, 5.74) is 0. The molecule has 1 saturated heterocycles. The van der Waals surface area contributed by atoms with Gasteiger partial charge < -0.3 is 15.2 Å². The second kappa shape index (κ2) is 5.43. The Balaban J connectivity index is 2.08. The van der Waals surface area contributed by atoms with Crippen molar-refractivity contribution >= 4 is 22.3 Å². The molecule has 1 heterocycles. The fraction of sp³-hybridized carbons (Fsp3) is 0.818. The zero-order valence-corrected chi connectivity index (χ0v) is 12.4. The van der Waals surface area contributed by atoms with E-state index < -0.39 is 46.5 Å². The van der Waals surface area contributed by atoms with Gasteiger partial charge in [-0.3, -0.25) is 9.35 Å². The summed E-state index contributed by atoms with van der Waals surface area (Å²) >= 11 is 0. The zero-order chi connectivity index (χ0) is 15.9. The largest absolute Gasteiger partial charge is 0.444 e. The predicted molar refractivity (Wildman–Crippen MR) is 69.5 cm³/mol. The molecular formula is C11H18N2O7S. The highest BCUT2D eigenvalue weighted by atomic mass is 32.2. The van der Waals surface area contributed by atoms with E-state index in [9.17, 15) is 23.1 Å². The van der Waals surface area contributed by atoms with Crippen LogP contribution in [0.2, 0.25) is 0 Å². The van der Waals surface area contributed by atoms with Gasteiger partial charge in [0.1, 0.15) is 12.1 Å². The van der Waals surface area contributed by atoms with Crippen LogP contribution in [-0.4, -0.2) is 58.7 Å². The van der Waals surface area contributed by atoms with Crippen LogP contribution in [0.5, 0.6) is 0 Å². The number of ether oxygens (including phenoxy) is 1. The second-order valence-electron chi connectivity index (χ2n) is 5.40. The summed E-state index contributed by atoms with van der Waals surface area (Å²) in [7, 11) is -4.76. The Morgan fingerprint density at radius 1 is 1.43 bits per heavy atom. The molecule has 0 radical (unpaired) electrons. The number of alkyl carbamates (subject to hydrolysis) is 1. The molecule has 0 aromatic carbocycles. The number of aliphatic hydroxyl groups excluding tert-OH is 1. The molecule has 1 aliphatic heterocycles. The molecule has 0 spiro atoms. The van der Waals surface area contributed by atoms with Crippen LogP contribution >= 0.6 is 0 Å². The minimum Gasteiger partial charge on any atom is -0.444 e. The van der Waals surface area contributed by atoms with Crippen LogP contribution in [0.1, 0.15) is 26.7 Å². The molecule has 2 aliphatic rings. The van der Waals surface area contributed by atoms with Crippen LogP contribution in [-0.2, 0) is 19.8 Å². The highest BCUT2D eigenvalue weighted by Gasteiger charge is 2.58. The Bertz CT molecular complexity index is 543. The van der Waals surface area contributed by atoms with E-state index >= 15 is 0 Å². The fourth-order valence-electron chi connectivity index (χ4n) is 2.41. The monoisotopic (exact) mass is 322 g/mol. The van der Waals surface area contributed by atoms with Crippen molar-refractivity contribution in [1.29, 1.82) is 0 Å². The zero-order valence-electron chi connectivity index (χ0n) is 11.6. The van der Waals surface area contributed by atoms with Crippen molar-refractivity contribution in [3.05, 3.63) is 0 Å².